The van der Waals surface area contributed by atoms with E-state index in [1.807, 2.05) is 26.0 Å². The van der Waals surface area contributed by atoms with Crippen molar-refractivity contribution in [1.82, 2.24) is 15.6 Å². The van der Waals surface area contributed by atoms with Crippen molar-refractivity contribution in [3.05, 3.63) is 28.5 Å². The Kier molecular flexibility index (Phi) is 3.73. The van der Waals surface area contributed by atoms with E-state index >= 15 is 0 Å². The van der Waals surface area contributed by atoms with Crippen LogP contribution < -0.4 is 10.6 Å². The summed E-state index contributed by atoms with van der Waals surface area (Å²) in [7, 11) is 0. The molecule has 2 aliphatic rings. The zero-order valence-corrected chi connectivity index (χ0v) is 14.2. The first kappa shape index (κ1) is 14.9. The summed E-state index contributed by atoms with van der Waals surface area (Å²) in [6, 6.07) is 5.24. The van der Waals surface area contributed by atoms with Crippen molar-refractivity contribution in [3.8, 4) is 10.8 Å². The molecule has 122 valence electrons. The predicted molar refractivity (Wildman–Crippen MR) is 89.7 cm³/mol. The predicted octanol–water partition coefficient (Wildman–Crippen LogP) is 3.03. The van der Waals surface area contributed by atoms with Gasteiger partial charge in [0, 0.05) is 18.1 Å². The normalized spacial score (nSPS) is 26.4. The van der Waals surface area contributed by atoms with E-state index in [-0.39, 0.29) is 11.9 Å². The minimum atomic E-state index is 0.000767. The van der Waals surface area contributed by atoms with Gasteiger partial charge in [-0.15, -0.1) is 11.3 Å². The fourth-order valence-electron chi connectivity index (χ4n) is 3.69. The van der Waals surface area contributed by atoms with E-state index < -0.39 is 0 Å². The van der Waals surface area contributed by atoms with Crippen molar-refractivity contribution in [1.29, 1.82) is 0 Å². The highest BCUT2D eigenvalue weighted by molar-refractivity contribution is 7.17. The molecule has 2 aromatic heterocycles. The van der Waals surface area contributed by atoms with Gasteiger partial charge in [-0.1, -0.05) is 0 Å². The number of carbonyl (C=O) groups is 1. The Morgan fingerprint density at radius 3 is 2.70 bits per heavy atom. The molecule has 4 heterocycles. The van der Waals surface area contributed by atoms with Crippen molar-refractivity contribution >= 4 is 17.2 Å². The van der Waals surface area contributed by atoms with Crippen LogP contribution in [0.2, 0.25) is 0 Å². The van der Waals surface area contributed by atoms with Gasteiger partial charge in [-0.2, -0.15) is 0 Å². The molecule has 4 rings (SSSR count). The first-order valence-corrected chi connectivity index (χ1v) is 9.01. The van der Waals surface area contributed by atoms with E-state index in [0.717, 1.165) is 35.1 Å². The number of aryl methyl sites for hydroxylation is 2. The summed E-state index contributed by atoms with van der Waals surface area (Å²) in [6.45, 7) is 3.79. The molecule has 2 aromatic rings. The van der Waals surface area contributed by atoms with Crippen LogP contribution in [0.15, 0.2) is 16.5 Å². The number of nitrogens with zero attached hydrogens (tertiary/aromatic N) is 1. The van der Waals surface area contributed by atoms with Crippen molar-refractivity contribution < 1.29 is 9.21 Å². The number of hydrogen-bond donors (Lipinski definition) is 2. The third-order valence-electron chi connectivity index (χ3n) is 4.76. The van der Waals surface area contributed by atoms with Crippen LogP contribution in [0.1, 0.15) is 46.8 Å². The molecule has 2 unspecified atom stereocenters. The first-order chi connectivity index (χ1) is 11.1. The third-order valence-corrected chi connectivity index (χ3v) is 5.93. The van der Waals surface area contributed by atoms with Crippen LogP contribution in [0.25, 0.3) is 10.8 Å². The molecule has 0 aromatic carbocycles. The van der Waals surface area contributed by atoms with Crippen LogP contribution >= 0.6 is 11.3 Å². The number of hydrogen-bond acceptors (Lipinski definition) is 5. The average Bonchev–Trinajstić information content (AvgIpc) is 3.18. The van der Waals surface area contributed by atoms with Crippen molar-refractivity contribution in [2.45, 2.75) is 57.7 Å². The van der Waals surface area contributed by atoms with Gasteiger partial charge in [0.05, 0.1) is 5.69 Å². The lowest BCUT2D eigenvalue weighted by Gasteiger charge is -2.29. The molecule has 2 fully saturated rings. The minimum absolute atomic E-state index is 0.000767. The van der Waals surface area contributed by atoms with Gasteiger partial charge in [0.25, 0.3) is 5.91 Å². The third kappa shape index (κ3) is 2.93. The fourth-order valence-corrected chi connectivity index (χ4v) is 4.62. The number of fused-ring (bicyclic) bond motifs is 2. The van der Waals surface area contributed by atoms with Crippen LogP contribution in [0.5, 0.6) is 0 Å². The Morgan fingerprint density at radius 2 is 2.04 bits per heavy atom. The molecule has 0 radical (unpaired) electrons. The Balaban J connectivity index is 1.49. The molecule has 0 saturated carbocycles. The molecule has 0 aliphatic carbocycles. The van der Waals surface area contributed by atoms with Gasteiger partial charge in [0.1, 0.15) is 10.6 Å². The molecule has 1 amide bonds. The Bertz CT molecular complexity index is 724. The average molecular weight is 331 g/mol. The number of carbonyl (C=O) groups excluding carboxylic acids is 1. The summed E-state index contributed by atoms with van der Waals surface area (Å²) in [5.41, 5.74) is 0.772. The maximum absolute atomic E-state index is 12.6. The van der Waals surface area contributed by atoms with Crippen LogP contribution in [0, 0.1) is 13.8 Å². The van der Waals surface area contributed by atoms with Gasteiger partial charge < -0.3 is 15.1 Å². The summed E-state index contributed by atoms with van der Waals surface area (Å²) in [5, 5.41) is 7.58. The zero-order chi connectivity index (χ0) is 16.0. The number of thiazole rings is 1. The maximum atomic E-state index is 12.6. The van der Waals surface area contributed by atoms with Crippen molar-refractivity contribution in [2.75, 3.05) is 0 Å². The molecule has 0 spiro atoms. The Morgan fingerprint density at radius 1 is 1.30 bits per heavy atom. The molecule has 6 heteroatoms. The molecule has 2 atom stereocenters. The fraction of sp³-hybridized carbons (Fsp3) is 0.529. The first-order valence-electron chi connectivity index (χ1n) is 8.19. The van der Waals surface area contributed by atoms with E-state index in [1.165, 1.54) is 24.2 Å². The summed E-state index contributed by atoms with van der Waals surface area (Å²) >= 11 is 1.41. The van der Waals surface area contributed by atoms with E-state index in [9.17, 15) is 4.79 Å². The summed E-state index contributed by atoms with van der Waals surface area (Å²) < 4.78 is 5.61. The Hall–Kier alpha value is -1.66. The van der Waals surface area contributed by atoms with E-state index in [0.29, 0.717) is 17.0 Å². The zero-order valence-electron chi connectivity index (χ0n) is 13.4. The lowest BCUT2D eigenvalue weighted by molar-refractivity contribution is 0.0927. The number of nitrogens with one attached hydrogen (secondary N) is 2. The SMILES string of the molecule is Cc1ccc(-c2nc(C)c(C(=O)NC3CC4CCC(C3)N4)s2)o1. The van der Waals surface area contributed by atoms with E-state index in [1.54, 1.807) is 0 Å². The number of aromatic nitrogens is 1. The lowest BCUT2D eigenvalue weighted by atomic mass is 10.00. The smallest absolute Gasteiger partial charge is 0.263 e. The molecule has 2 saturated heterocycles. The number of piperidine rings is 1. The highest BCUT2D eigenvalue weighted by Gasteiger charge is 2.34. The second-order valence-electron chi connectivity index (χ2n) is 6.62. The minimum Gasteiger partial charge on any atom is -0.459 e. The second-order valence-corrected chi connectivity index (χ2v) is 7.62. The van der Waals surface area contributed by atoms with Gasteiger partial charge >= 0.3 is 0 Å². The standard InChI is InChI=1S/C17H21N3O2S/c1-9-3-6-14(22-9)17-18-10(2)15(23-17)16(21)20-13-7-11-4-5-12(8-13)19-11/h3,6,11-13,19H,4-5,7-8H2,1-2H3,(H,20,21). The largest absolute Gasteiger partial charge is 0.459 e. The van der Waals surface area contributed by atoms with E-state index in [2.05, 4.69) is 15.6 Å². The van der Waals surface area contributed by atoms with Gasteiger partial charge in [-0.3, -0.25) is 4.79 Å². The van der Waals surface area contributed by atoms with Crippen molar-refractivity contribution in [3.63, 3.8) is 0 Å². The molecule has 2 bridgehead atoms. The highest BCUT2D eigenvalue weighted by atomic mass is 32.1. The van der Waals surface area contributed by atoms with Gasteiger partial charge in [-0.05, 0) is 51.7 Å². The van der Waals surface area contributed by atoms with Crippen LogP contribution in [-0.2, 0) is 0 Å². The van der Waals surface area contributed by atoms with E-state index in [4.69, 9.17) is 4.42 Å². The molecule has 23 heavy (non-hydrogen) atoms. The maximum Gasteiger partial charge on any atom is 0.263 e. The van der Waals surface area contributed by atoms with Crippen LogP contribution in [0.3, 0.4) is 0 Å². The molecular weight excluding hydrogens is 310 g/mol. The summed E-state index contributed by atoms with van der Waals surface area (Å²) in [4.78, 5) is 17.8. The molecule has 2 aliphatic heterocycles. The van der Waals surface area contributed by atoms with Gasteiger partial charge in [-0.25, -0.2) is 4.98 Å². The molecule has 2 N–H and O–H groups in total. The topological polar surface area (TPSA) is 67.2 Å². The van der Waals surface area contributed by atoms with Crippen LogP contribution in [-0.4, -0.2) is 29.0 Å². The van der Waals surface area contributed by atoms with Crippen LogP contribution in [0.4, 0.5) is 0 Å². The second kappa shape index (κ2) is 5.76. The number of amides is 1. The quantitative estimate of drug-likeness (QED) is 0.907. The number of furan rings is 1. The highest BCUT2D eigenvalue weighted by Crippen LogP contribution is 2.30. The monoisotopic (exact) mass is 331 g/mol. The molecule has 5 nitrogen and oxygen atoms in total. The van der Waals surface area contributed by atoms with Gasteiger partial charge in [0.2, 0.25) is 0 Å². The molecular formula is C17H21N3O2S. The number of rotatable bonds is 3. The Labute approximate surface area is 139 Å². The summed E-state index contributed by atoms with van der Waals surface area (Å²) in [6.07, 6.45) is 4.53. The summed E-state index contributed by atoms with van der Waals surface area (Å²) in [5.74, 6) is 1.58. The van der Waals surface area contributed by atoms with Crippen molar-refractivity contribution in [2.24, 2.45) is 0 Å². The van der Waals surface area contributed by atoms with Gasteiger partial charge in [0.15, 0.2) is 10.8 Å². The lowest BCUT2D eigenvalue weighted by Crippen LogP contribution is -2.48.